The van der Waals surface area contributed by atoms with E-state index in [0.29, 0.717) is 0 Å². The van der Waals surface area contributed by atoms with Crippen molar-refractivity contribution < 1.29 is 4.79 Å². The Balaban J connectivity index is 1.57. The molecule has 0 aliphatic carbocycles. The molecular formula is C19H17N3O. The van der Waals surface area contributed by atoms with Crippen molar-refractivity contribution in [2.45, 2.75) is 6.42 Å². The molecule has 0 unspecified atom stereocenters. The molecule has 0 saturated heterocycles. The third-order valence-corrected chi connectivity index (χ3v) is 3.37. The number of hydrogen-bond donors (Lipinski definition) is 2. The van der Waals surface area contributed by atoms with Gasteiger partial charge < -0.3 is 10.3 Å². The number of H-pyrrole nitrogens is 1. The Kier molecular flexibility index (Phi) is 4.64. The van der Waals surface area contributed by atoms with Gasteiger partial charge in [-0.1, -0.05) is 42.5 Å². The van der Waals surface area contributed by atoms with Crippen LogP contribution in [0.2, 0.25) is 0 Å². The molecule has 0 saturated carbocycles. The average molecular weight is 303 g/mol. The highest BCUT2D eigenvalue weighted by molar-refractivity contribution is 6.01. The number of anilines is 1. The third-order valence-electron chi connectivity index (χ3n) is 3.37. The summed E-state index contributed by atoms with van der Waals surface area (Å²) in [5.41, 5.74) is 2.91. The van der Waals surface area contributed by atoms with Crippen molar-refractivity contribution in [2.24, 2.45) is 0 Å². The van der Waals surface area contributed by atoms with Crippen LogP contribution in [0.25, 0.3) is 6.08 Å². The van der Waals surface area contributed by atoms with Crippen LogP contribution in [0, 0.1) is 0 Å². The Morgan fingerprint density at radius 2 is 1.87 bits per heavy atom. The maximum atomic E-state index is 11.9. The van der Waals surface area contributed by atoms with E-state index in [2.05, 4.69) is 15.3 Å². The first-order chi connectivity index (χ1) is 11.3. The van der Waals surface area contributed by atoms with Crippen LogP contribution in [-0.4, -0.2) is 15.9 Å². The maximum absolute atomic E-state index is 11.9. The summed E-state index contributed by atoms with van der Waals surface area (Å²) in [5, 5.41) is 2.85. The molecule has 2 N–H and O–H groups in total. The second-order valence-electron chi connectivity index (χ2n) is 5.14. The standard InChI is InChI=1S/C19H17N3O/c23-19(11-8-15-4-2-1-3-5-15)22-17-9-6-16(7-10-17)14-18-20-12-13-21-18/h1-13H,14H2,(H,20,21)(H,22,23)/b11-8+. The summed E-state index contributed by atoms with van der Waals surface area (Å²) in [5.74, 6) is 0.778. The van der Waals surface area contributed by atoms with E-state index < -0.39 is 0 Å². The molecule has 1 amide bonds. The molecular weight excluding hydrogens is 286 g/mol. The van der Waals surface area contributed by atoms with E-state index in [-0.39, 0.29) is 5.91 Å². The van der Waals surface area contributed by atoms with Crippen LogP contribution in [0.15, 0.2) is 73.1 Å². The van der Waals surface area contributed by atoms with E-state index in [1.807, 2.05) is 60.8 Å². The van der Waals surface area contributed by atoms with E-state index in [1.54, 1.807) is 12.3 Å². The van der Waals surface area contributed by atoms with Crippen LogP contribution in [0.1, 0.15) is 17.0 Å². The van der Waals surface area contributed by atoms with Gasteiger partial charge in [-0.25, -0.2) is 4.98 Å². The minimum Gasteiger partial charge on any atom is -0.348 e. The van der Waals surface area contributed by atoms with E-state index >= 15 is 0 Å². The Morgan fingerprint density at radius 3 is 2.57 bits per heavy atom. The number of hydrogen-bond acceptors (Lipinski definition) is 2. The summed E-state index contributed by atoms with van der Waals surface area (Å²) < 4.78 is 0. The lowest BCUT2D eigenvalue weighted by molar-refractivity contribution is -0.111. The topological polar surface area (TPSA) is 57.8 Å². The van der Waals surface area contributed by atoms with Crippen LogP contribution >= 0.6 is 0 Å². The predicted molar refractivity (Wildman–Crippen MR) is 91.9 cm³/mol. The Bertz CT molecular complexity index is 775. The number of nitrogens with zero attached hydrogens (tertiary/aromatic N) is 1. The van der Waals surface area contributed by atoms with E-state index in [0.717, 1.165) is 29.1 Å². The summed E-state index contributed by atoms with van der Waals surface area (Å²) >= 11 is 0. The first kappa shape index (κ1) is 14.8. The Morgan fingerprint density at radius 1 is 1.09 bits per heavy atom. The SMILES string of the molecule is O=C(/C=C/c1ccccc1)Nc1ccc(Cc2ncc[nH]2)cc1. The number of benzene rings is 2. The van der Waals surface area contributed by atoms with Gasteiger partial charge in [0.2, 0.25) is 5.91 Å². The fourth-order valence-electron chi connectivity index (χ4n) is 2.21. The molecule has 0 aliphatic heterocycles. The molecule has 0 radical (unpaired) electrons. The quantitative estimate of drug-likeness (QED) is 0.707. The summed E-state index contributed by atoms with van der Waals surface area (Å²) in [7, 11) is 0. The molecule has 1 aromatic heterocycles. The lowest BCUT2D eigenvalue weighted by atomic mass is 10.1. The fraction of sp³-hybridized carbons (Fsp3) is 0.0526. The maximum Gasteiger partial charge on any atom is 0.248 e. The fourth-order valence-corrected chi connectivity index (χ4v) is 2.21. The van der Waals surface area contributed by atoms with Crippen LogP contribution in [-0.2, 0) is 11.2 Å². The normalized spacial score (nSPS) is 10.8. The Hall–Kier alpha value is -3.14. The molecule has 1 heterocycles. The molecule has 2 aromatic carbocycles. The molecule has 0 atom stereocenters. The first-order valence-electron chi connectivity index (χ1n) is 7.41. The van der Waals surface area contributed by atoms with Gasteiger partial charge in [-0.05, 0) is 29.3 Å². The minimum absolute atomic E-state index is 0.146. The van der Waals surface area contributed by atoms with Gasteiger partial charge in [0.15, 0.2) is 0 Å². The molecule has 114 valence electrons. The van der Waals surface area contributed by atoms with Crippen molar-refractivity contribution in [1.82, 2.24) is 9.97 Å². The number of rotatable bonds is 5. The van der Waals surface area contributed by atoms with E-state index in [1.165, 1.54) is 6.08 Å². The Labute approximate surface area is 134 Å². The zero-order valence-electron chi connectivity index (χ0n) is 12.6. The highest BCUT2D eigenvalue weighted by Crippen LogP contribution is 2.12. The molecule has 0 spiro atoms. The van der Waals surface area contributed by atoms with Gasteiger partial charge >= 0.3 is 0 Å². The summed E-state index contributed by atoms with van der Waals surface area (Å²) in [6, 6.07) is 17.5. The lowest BCUT2D eigenvalue weighted by Gasteiger charge is -2.04. The number of carbonyl (C=O) groups excluding carboxylic acids is 1. The van der Waals surface area contributed by atoms with Crippen molar-refractivity contribution in [1.29, 1.82) is 0 Å². The average Bonchev–Trinajstić information content (AvgIpc) is 3.09. The molecule has 3 rings (SSSR count). The van der Waals surface area contributed by atoms with Crippen molar-refractivity contribution in [3.8, 4) is 0 Å². The summed E-state index contributed by atoms with van der Waals surface area (Å²) in [4.78, 5) is 19.2. The summed E-state index contributed by atoms with van der Waals surface area (Å²) in [6.45, 7) is 0. The summed E-state index contributed by atoms with van der Waals surface area (Å²) in [6.07, 6.45) is 7.62. The van der Waals surface area contributed by atoms with Crippen LogP contribution in [0.4, 0.5) is 5.69 Å². The molecule has 4 nitrogen and oxygen atoms in total. The molecule has 0 aliphatic rings. The minimum atomic E-state index is -0.146. The molecule has 0 bridgehead atoms. The highest BCUT2D eigenvalue weighted by atomic mass is 16.1. The zero-order chi connectivity index (χ0) is 15.9. The van der Waals surface area contributed by atoms with Gasteiger partial charge in [0.25, 0.3) is 0 Å². The van der Waals surface area contributed by atoms with Crippen molar-refractivity contribution in [2.75, 3.05) is 5.32 Å². The lowest BCUT2D eigenvalue weighted by Crippen LogP contribution is -2.07. The van der Waals surface area contributed by atoms with Crippen LogP contribution in [0.5, 0.6) is 0 Å². The molecule has 3 aromatic rings. The third kappa shape index (κ3) is 4.41. The number of aromatic nitrogens is 2. The van der Waals surface area contributed by atoms with Gasteiger partial charge in [0.05, 0.1) is 0 Å². The first-order valence-corrected chi connectivity index (χ1v) is 7.41. The number of nitrogens with one attached hydrogen (secondary N) is 2. The molecule has 0 fully saturated rings. The van der Waals surface area contributed by atoms with E-state index in [9.17, 15) is 4.79 Å². The zero-order valence-corrected chi connectivity index (χ0v) is 12.6. The van der Waals surface area contributed by atoms with Gasteiger partial charge in [0, 0.05) is 30.6 Å². The number of aromatic amines is 1. The monoisotopic (exact) mass is 303 g/mol. The van der Waals surface area contributed by atoms with Crippen molar-refractivity contribution in [3.63, 3.8) is 0 Å². The van der Waals surface area contributed by atoms with Gasteiger partial charge in [-0.3, -0.25) is 4.79 Å². The van der Waals surface area contributed by atoms with Gasteiger partial charge in [-0.15, -0.1) is 0 Å². The highest BCUT2D eigenvalue weighted by Gasteiger charge is 2.01. The van der Waals surface area contributed by atoms with Gasteiger partial charge in [0.1, 0.15) is 5.82 Å². The van der Waals surface area contributed by atoms with E-state index in [4.69, 9.17) is 0 Å². The van der Waals surface area contributed by atoms with Crippen LogP contribution < -0.4 is 5.32 Å². The van der Waals surface area contributed by atoms with Crippen molar-refractivity contribution in [3.05, 3.63) is 90.0 Å². The number of amides is 1. The second-order valence-corrected chi connectivity index (χ2v) is 5.14. The number of imidazole rings is 1. The van der Waals surface area contributed by atoms with Crippen molar-refractivity contribution >= 4 is 17.7 Å². The molecule has 23 heavy (non-hydrogen) atoms. The van der Waals surface area contributed by atoms with Crippen LogP contribution in [0.3, 0.4) is 0 Å². The van der Waals surface area contributed by atoms with Gasteiger partial charge in [-0.2, -0.15) is 0 Å². The largest absolute Gasteiger partial charge is 0.348 e. The molecule has 4 heteroatoms. The second kappa shape index (κ2) is 7.22. The number of carbonyl (C=O) groups is 1. The predicted octanol–water partition coefficient (Wildman–Crippen LogP) is 3.65. The smallest absolute Gasteiger partial charge is 0.248 e.